The lowest BCUT2D eigenvalue weighted by Crippen LogP contribution is -2.06. The van der Waals surface area contributed by atoms with Crippen molar-refractivity contribution in [2.24, 2.45) is 7.05 Å². The maximum atomic E-state index is 11.2. The van der Waals surface area contributed by atoms with Gasteiger partial charge in [-0.25, -0.2) is 4.79 Å². The van der Waals surface area contributed by atoms with Crippen molar-refractivity contribution in [3.8, 4) is 0 Å². The van der Waals surface area contributed by atoms with Crippen molar-refractivity contribution < 1.29 is 14.8 Å². The minimum Gasteiger partial charge on any atom is -0.478 e. The fraction of sp³-hybridized carbons (Fsp3) is 0.167. The number of aryl methyl sites for hydroxylation is 2. The highest BCUT2D eigenvalue weighted by Crippen LogP contribution is 2.32. The summed E-state index contributed by atoms with van der Waals surface area (Å²) in [7, 11) is 1.70. The molecule has 2 N–H and O–H groups in total. The van der Waals surface area contributed by atoms with E-state index in [9.17, 15) is 14.9 Å². The molecule has 0 radical (unpaired) electrons. The average molecular weight is 276 g/mol. The lowest BCUT2D eigenvalue weighted by Gasteiger charge is -2.08. The van der Waals surface area contributed by atoms with Gasteiger partial charge in [0.1, 0.15) is 5.69 Å². The number of hydrogen-bond acceptors (Lipinski definition) is 5. The van der Waals surface area contributed by atoms with Crippen molar-refractivity contribution in [1.82, 2.24) is 9.78 Å². The van der Waals surface area contributed by atoms with Gasteiger partial charge in [0, 0.05) is 19.3 Å². The maximum Gasteiger partial charge on any atom is 0.338 e. The monoisotopic (exact) mass is 276 g/mol. The van der Waals surface area contributed by atoms with Crippen LogP contribution >= 0.6 is 0 Å². The highest BCUT2D eigenvalue weighted by atomic mass is 16.6. The van der Waals surface area contributed by atoms with E-state index in [0.29, 0.717) is 11.4 Å². The number of carboxylic acid groups (broad SMARTS) is 1. The SMILES string of the molecule is Cc1nn(C)cc1Nc1c(C(=O)O)cccc1[N+](=O)[O-]. The lowest BCUT2D eigenvalue weighted by molar-refractivity contribution is -0.383. The zero-order valence-electron chi connectivity index (χ0n) is 10.8. The summed E-state index contributed by atoms with van der Waals surface area (Å²) in [5.41, 5.74) is 0.614. The summed E-state index contributed by atoms with van der Waals surface area (Å²) in [5.74, 6) is -1.24. The molecule has 0 aliphatic heterocycles. The molecule has 0 atom stereocenters. The number of hydrogen-bond donors (Lipinski definition) is 2. The molecule has 1 aromatic heterocycles. The van der Waals surface area contributed by atoms with Crippen molar-refractivity contribution in [2.45, 2.75) is 6.92 Å². The molecule has 0 aliphatic carbocycles. The molecule has 8 nitrogen and oxygen atoms in total. The van der Waals surface area contributed by atoms with E-state index in [0.717, 1.165) is 0 Å². The third kappa shape index (κ3) is 2.44. The summed E-state index contributed by atoms with van der Waals surface area (Å²) in [6.45, 7) is 1.72. The molecule has 0 aliphatic rings. The van der Waals surface area contributed by atoms with Gasteiger partial charge in [0.05, 0.1) is 21.9 Å². The summed E-state index contributed by atoms with van der Waals surface area (Å²) in [4.78, 5) is 21.6. The number of aromatic carboxylic acids is 1. The number of rotatable bonds is 4. The molecule has 0 saturated heterocycles. The van der Waals surface area contributed by atoms with E-state index in [1.165, 1.54) is 22.9 Å². The van der Waals surface area contributed by atoms with Crippen molar-refractivity contribution in [1.29, 1.82) is 0 Å². The van der Waals surface area contributed by atoms with Gasteiger partial charge in [0.15, 0.2) is 0 Å². The standard InChI is InChI=1S/C12H12N4O4/c1-7-9(6-15(2)14-7)13-11-8(12(17)18)4-3-5-10(11)16(19)20/h3-6,13H,1-2H3,(H,17,18). The first-order chi connectivity index (χ1) is 9.40. The van der Waals surface area contributed by atoms with Gasteiger partial charge in [-0.2, -0.15) is 5.10 Å². The number of carboxylic acids is 1. The first-order valence-electron chi connectivity index (χ1n) is 5.68. The van der Waals surface area contributed by atoms with Gasteiger partial charge in [0.2, 0.25) is 0 Å². The topological polar surface area (TPSA) is 110 Å². The van der Waals surface area contributed by atoms with Crippen LogP contribution in [0.5, 0.6) is 0 Å². The lowest BCUT2D eigenvalue weighted by atomic mass is 10.1. The second kappa shape index (κ2) is 5.00. The van der Waals surface area contributed by atoms with Gasteiger partial charge in [-0.05, 0) is 13.0 Å². The minimum absolute atomic E-state index is 0.0545. The molecule has 0 saturated carbocycles. The molecule has 1 heterocycles. The summed E-state index contributed by atoms with van der Waals surface area (Å²) in [6, 6.07) is 3.90. The van der Waals surface area contributed by atoms with Crippen LogP contribution in [0.15, 0.2) is 24.4 Å². The van der Waals surface area contributed by atoms with E-state index in [4.69, 9.17) is 5.11 Å². The van der Waals surface area contributed by atoms with E-state index in [-0.39, 0.29) is 16.9 Å². The molecule has 1 aromatic carbocycles. The second-order valence-electron chi connectivity index (χ2n) is 4.19. The van der Waals surface area contributed by atoms with Crippen LogP contribution in [0.4, 0.5) is 17.1 Å². The molecule has 0 spiro atoms. The predicted octanol–water partition coefficient (Wildman–Crippen LogP) is 2.08. The molecule has 0 amide bonds. The Bertz CT molecular complexity index is 661. The number of nitro groups is 1. The van der Waals surface area contributed by atoms with Crippen LogP contribution in [0.1, 0.15) is 16.1 Å². The summed E-state index contributed by atoms with van der Waals surface area (Å²) >= 11 is 0. The number of nitrogens with one attached hydrogen (secondary N) is 1. The molecular weight excluding hydrogens is 264 g/mol. The fourth-order valence-electron chi connectivity index (χ4n) is 1.86. The quantitative estimate of drug-likeness (QED) is 0.653. The molecule has 0 fully saturated rings. The van der Waals surface area contributed by atoms with Crippen LogP contribution in [0.2, 0.25) is 0 Å². The Balaban J connectivity index is 2.56. The van der Waals surface area contributed by atoms with Crippen LogP contribution < -0.4 is 5.32 Å². The second-order valence-corrected chi connectivity index (χ2v) is 4.19. The number of anilines is 2. The Labute approximate surface area is 113 Å². The Morgan fingerprint density at radius 3 is 2.70 bits per heavy atom. The Morgan fingerprint density at radius 1 is 1.50 bits per heavy atom. The van der Waals surface area contributed by atoms with Crippen LogP contribution in [-0.4, -0.2) is 25.8 Å². The smallest absolute Gasteiger partial charge is 0.338 e. The van der Waals surface area contributed by atoms with Crippen molar-refractivity contribution in [3.63, 3.8) is 0 Å². The zero-order chi connectivity index (χ0) is 14.9. The van der Waals surface area contributed by atoms with Crippen molar-refractivity contribution in [2.75, 3.05) is 5.32 Å². The zero-order valence-corrected chi connectivity index (χ0v) is 10.8. The number of benzene rings is 1. The molecule has 8 heteroatoms. The third-order valence-corrected chi connectivity index (χ3v) is 2.74. The molecular formula is C12H12N4O4. The third-order valence-electron chi connectivity index (χ3n) is 2.74. The van der Waals surface area contributed by atoms with Gasteiger partial charge < -0.3 is 10.4 Å². The maximum absolute atomic E-state index is 11.2. The Hall–Kier alpha value is -2.90. The van der Waals surface area contributed by atoms with Crippen LogP contribution in [0.25, 0.3) is 0 Å². The summed E-state index contributed by atoms with van der Waals surface area (Å²) < 4.78 is 1.53. The first-order valence-corrected chi connectivity index (χ1v) is 5.68. The molecule has 0 bridgehead atoms. The largest absolute Gasteiger partial charge is 0.478 e. The molecule has 104 valence electrons. The number of aromatic nitrogens is 2. The molecule has 2 aromatic rings. The first kappa shape index (κ1) is 13.5. The number of nitrogens with zero attached hydrogens (tertiary/aromatic N) is 3. The fourth-order valence-corrected chi connectivity index (χ4v) is 1.86. The van der Waals surface area contributed by atoms with Crippen LogP contribution in [0, 0.1) is 17.0 Å². The van der Waals surface area contributed by atoms with E-state index in [2.05, 4.69) is 10.4 Å². The summed E-state index contributed by atoms with van der Waals surface area (Å²) in [6.07, 6.45) is 1.62. The molecule has 0 unspecified atom stereocenters. The predicted molar refractivity (Wildman–Crippen MR) is 71.3 cm³/mol. The van der Waals surface area contributed by atoms with E-state index in [1.54, 1.807) is 20.2 Å². The Kier molecular flexibility index (Phi) is 3.38. The number of carbonyl (C=O) groups is 1. The van der Waals surface area contributed by atoms with Crippen molar-refractivity contribution in [3.05, 3.63) is 45.8 Å². The van der Waals surface area contributed by atoms with E-state index >= 15 is 0 Å². The van der Waals surface area contributed by atoms with Gasteiger partial charge in [-0.3, -0.25) is 14.8 Å². The summed E-state index contributed by atoms with van der Waals surface area (Å²) in [5, 5.41) is 27.0. The number of nitro benzene ring substituents is 1. The number of para-hydroxylation sites is 1. The van der Waals surface area contributed by atoms with Gasteiger partial charge >= 0.3 is 5.97 Å². The molecule has 2 rings (SSSR count). The van der Waals surface area contributed by atoms with Gasteiger partial charge in [0.25, 0.3) is 5.69 Å². The normalized spacial score (nSPS) is 10.3. The van der Waals surface area contributed by atoms with Gasteiger partial charge in [-0.1, -0.05) is 6.07 Å². The highest BCUT2D eigenvalue weighted by Gasteiger charge is 2.22. The average Bonchev–Trinajstić information content (AvgIpc) is 2.67. The minimum atomic E-state index is -1.24. The van der Waals surface area contributed by atoms with E-state index < -0.39 is 10.9 Å². The highest BCUT2D eigenvalue weighted by molar-refractivity contribution is 5.98. The van der Waals surface area contributed by atoms with Crippen LogP contribution in [0.3, 0.4) is 0 Å². The van der Waals surface area contributed by atoms with Crippen LogP contribution in [-0.2, 0) is 7.05 Å². The van der Waals surface area contributed by atoms with Crippen molar-refractivity contribution >= 4 is 23.0 Å². The Morgan fingerprint density at radius 2 is 2.20 bits per heavy atom. The molecule has 20 heavy (non-hydrogen) atoms. The van der Waals surface area contributed by atoms with Gasteiger partial charge in [-0.15, -0.1) is 0 Å². The van der Waals surface area contributed by atoms with E-state index in [1.807, 2.05) is 0 Å².